The molecule has 7 nitrogen and oxygen atoms in total. The number of hydrogen-bond donors (Lipinski definition) is 2. The Kier molecular flexibility index (Phi) is 7.80. The van der Waals surface area contributed by atoms with Gasteiger partial charge in [0.15, 0.2) is 0 Å². The summed E-state index contributed by atoms with van der Waals surface area (Å²) in [7, 11) is -3.71. The van der Waals surface area contributed by atoms with E-state index in [-0.39, 0.29) is 23.2 Å². The lowest BCUT2D eigenvalue weighted by molar-refractivity contribution is -0.136. The second-order valence-electron chi connectivity index (χ2n) is 8.16. The number of carbonyl (C=O) groups excluding carboxylic acids is 2. The van der Waals surface area contributed by atoms with Gasteiger partial charge >= 0.3 is 11.8 Å². The molecule has 0 radical (unpaired) electrons. The minimum Gasteiger partial charge on any atom is -0.348 e. The van der Waals surface area contributed by atoms with Gasteiger partial charge in [-0.1, -0.05) is 18.6 Å². The van der Waals surface area contributed by atoms with Crippen LogP contribution in [0.25, 0.3) is 0 Å². The third-order valence-electron chi connectivity index (χ3n) is 5.65. The van der Waals surface area contributed by atoms with Gasteiger partial charge in [-0.05, 0) is 62.4 Å². The number of anilines is 1. The first-order valence-corrected chi connectivity index (χ1v) is 12.2. The lowest BCUT2D eigenvalue weighted by Crippen LogP contribution is -2.46. The second kappa shape index (κ2) is 10.4. The predicted octanol–water partition coefficient (Wildman–Crippen LogP) is 3.27. The van der Waals surface area contributed by atoms with Crippen LogP contribution in [0.2, 0.25) is 0 Å². The van der Waals surface area contributed by atoms with Gasteiger partial charge in [-0.2, -0.15) is 4.31 Å². The maximum absolute atomic E-state index is 13.7. The number of halogens is 2. The Labute approximate surface area is 192 Å². The molecule has 0 saturated carbocycles. The molecule has 0 unspecified atom stereocenters. The van der Waals surface area contributed by atoms with Crippen LogP contribution in [0.1, 0.15) is 36.8 Å². The van der Waals surface area contributed by atoms with E-state index in [0.29, 0.717) is 31.0 Å². The number of amides is 2. The number of rotatable bonds is 6. The monoisotopic (exact) mass is 479 g/mol. The van der Waals surface area contributed by atoms with Crippen LogP contribution in [0, 0.1) is 25.5 Å². The highest BCUT2D eigenvalue weighted by Crippen LogP contribution is 2.29. The molecule has 0 bridgehead atoms. The van der Waals surface area contributed by atoms with Crippen molar-refractivity contribution >= 4 is 27.5 Å². The Hall–Kier alpha value is -2.85. The normalized spacial score (nSPS) is 16.9. The highest BCUT2D eigenvalue weighted by molar-refractivity contribution is 7.89. The highest BCUT2D eigenvalue weighted by atomic mass is 32.2. The van der Waals surface area contributed by atoms with E-state index in [1.165, 1.54) is 4.31 Å². The summed E-state index contributed by atoms with van der Waals surface area (Å²) in [5, 5.41) is 4.54. The lowest BCUT2D eigenvalue weighted by Gasteiger charge is -2.35. The molecule has 0 spiro atoms. The number of nitrogens with zero attached hydrogens (tertiary/aromatic N) is 1. The quantitative estimate of drug-likeness (QED) is 0.622. The molecule has 1 aliphatic rings. The van der Waals surface area contributed by atoms with Gasteiger partial charge in [0.2, 0.25) is 10.0 Å². The van der Waals surface area contributed by atoms with E-state index in [9.17, 15) is 26.8 Å². The fourth-order valence-corrected chi connectivity index (χ4v) is 5.93. The van der Waals surface area contributed by atoms with E-state index in [4.69, 9.17) is 0 Å². The van der Waals surface area contributed by atoms with Gasteiger partial charge < -0.3 is 10.6 Å². The fraction of sp³-hybridized carbons (Fsp3) is 0.391. The summed E-state index contributed by atoms with van der Waals surface area (Å²) < 4.78 is 54.8. The van der Waals surface area contributed by atoms with Crippen molar-refractivity contribution in [2.45, 2.75) is 50.5 Å². The Bertz CT molecular complexity index is 1150. The minimum atomic E-state index is -3.71. The standard InChI is InChI=1S/C23H27F2N3O4S/c1-15-6-7-16(2)21(13-15)33(31,32)28-12-4-3-5-18(28)10-11-26-22(29)23(30)27-20-9-8-17(24)14-19(20)25/h6-9,13-14,18H,3-5,10-12H2,1-2H3,(H,26,29)(H,27,30)/t18-/m0/s1. The third-order valence-corrected chi connectivity index (χ3v) is 7.75. The van der Waals surface area contributed by atoms with Crippen molar-refractivity contribution in [1.29, 1.82) is 0 Å². The van der Waals surface area contributed by atoms with Crippen molar-refractivity contribution in [3.05, 3.63) is 59.2 Å². The average Bonchev–Trinajstić information content (AvgIpc) is 2.77. The molecule has 2 N–H and O–H groups in total. The molecule has 2 aromatic carbocycles. The number of benzene rings is 2. The summed E-state index contributed by atoms with van der Waals surface area (Å²) in [6.07, 6.45) is 2.58. The van der Waals surface area contributed by atoms with Crippen LogP contribution in [0.4, 0.5) is 14.5 Å². The number of nitrogens with one attached hydrogen (secondary N) is 2. The Morgan fingerprint density at radius 3 is 2.55 bits per heavy atom. The molecule has 1 aliphatic heterocycles. The van der Waals surface area contributed by atoms with Crippen LogP contribution in [-0.2, 0) is 19.6 Å². The van der Waals surface area contributed by atoms with Crippen LogP contribution in [0.5, 0.6) is 0 Å². The summed E-state index contributed by atoms with van der Waals surface area (Å²) in [5.74, 6) is -3.88. The van der Waals surface area contributed by atoms with Crippen molar-refractivity contribution in [2.75, 3.05) is 18.4 Å². The van der Waals surface area contributed by atoms with Crippen molar-refractivity contribution in [1.82, 2.24) is 9.62 Å². The van der Waals surface area contributed by atoms with Crippen LogP contribution in [-0.4, -0.2) is 43.7 Å². The van der Waals surface area contributed by atoms with Crippen LogP contribution in [0.3, 0.4) is 0 Å². The van der Waals surface area contributed by atoms with Crippen LogP contribution < -0.4 is 10.6 Å². The van der Waals surface area contributed by atoms with E-state index >= 15 is 0 Å². The van der Waals surface area contributed by atoms with Gasteiger partial charge in [-0.15, -0.1) is 0 Å². The summed E-state index contributed by atoms with van der Waals surface area (Å²) >= 11 is 0. The SMILES string of the molecule is Cc1ccc(C)c(S(=O)(=O)N2CCCC[C@H]2CCNC(=O)C(=O)Nc2ccc(F)cc2F)c1. The van der Waals surface area contributed by atoms with Crippen LogP contribution >= 0.6 is 0 Å². The van der Waals surface area contributed by atoms with Crippen molar-refractivity contribution in [3.63, 3.8) is 0 Å². The number of aryl methyl sites for hydroxylation is 2. The zero-order valence-electron chi connectivity index (χ0n) is 18.5. The fourth-order valence-electron chi connectivity index (χ4n) is 3.89. The Balaban J connectivity index is 1.61. The van der Waals surface area contributed by atoms with Gasteiger partial charge in [0.1, 0.15) is 11.6 Å². The van der Waals surface area contributed by atoms with Gasteiger partial charge in [-0.3, -0.25) is 9.59 Å². The van der Waals surface area contributed by atoms with Gasteiger partial charge in [0.25, 0.3) is 0 Å². The number of sulfonamides is 1. The molecule has 3 rings (SSSR count). The molecule has 1 fully saturated rings. The molecule has 1 atom stereocenters. The van der Waals surface area contributed by atoms with Crippen molar-refractivity contribution in [2.24, 2.45) is 0 Å². The van der Waals surface area contributed by atoms with E-state index in [1.807, 2.05) is 13.0 Å². The molecular formula is C23H27F2N3O4S. The molecule has 2 aromatic rings. The molecule has 33 heavy (non-hydrogen) atoms. The smallest absolute Gasteiger partial charge is 0.313 e. The average molecular weight is 480 g/mol. The van der Waals surface area contributed by atoms with Gasteiger partial charge in [0.05, 0.1) is 10.6 Å². The predicted molar refractivity (Wildman–Crippen MR) is 120 cm³/mol. The number of hydrogen-bond acceptors (Lipinski definition) is 4. The zero-order valence-corrected chi connectivity index (χ0v) is 19.3. The van der Waals surface area contributed by atoms with E-state index in [1.54, 1.807) is 19.1 Å². The van der Waals surface area contributed by atoms with E-state index < -0.39 is 33.5 Å². The third kappa shape index (κ3) is 5.94. The largest absolute Gasteiger partial charge is 0.348 e. The second-order valence-corrected chi connectivity index (χ2v) is 10.0. The summed E-state index contributed by atoms with van der Waals surface area (Å²) in [6, 6.07) is 7.57. The molecule has 2 amide bonds. The molecule has 1 heterocycles. The van der Waals surface area contributed by atoms with Crippen LogP contribution in [0.15, 0.2) is 41.3 Å². The first kappa shape index (κ1) is 24.8. The topological polar surface area (TPSA) is 95.6 Å². The molecule has 10 heteroatoms. The van der Waals surface area contributed by atoms with E-state index in [2.05, 4.69) is 10.6 Å². The van der Waals surface area contributed by atoms with Gasteiger partial charge in [-0.25, -0.2) is 17.2 Å². The lowest BCUT2D eigenvalue weighted by atomic mass is 10.0. The van der Waals surface area contributed by atoms with Crippen molar-refractivity contribution in [3.8, 4) is 0 Å². The Morgan fingerprint density at radius 2 is 1.82 bits per heavy atom. The molecule has 1 saturated heterocycles. The summed E-state index contributed by atoms with van der Waals surface area (Å²) in [4.78, 5) is 24.4. The first-order valence-electron chi connectivity index (χ1n) is 10.7. The number of piperidine rings is 1. The molecule has 178 valence electrons. The highest BCUT2D eigenvalue weighted by Gasteiger charge is 2.34. The van der Waals surface area contributed by atoms with E-state index in [0.717, 1.165) is 30.5 Å². The maximum atomic E-state index is 13.7. The van der Waals surface area contributed by atoms with Gasteiger partial charge in [0, 0.05) is 25.2 Å². The minimum absolute atomic E-state index is 0.0711. The summed E-state index contributed by atoms with van der Waals surface area (Å²) in [5.41, 5.74) is 1.21. The van der Waals surface area contributed by atoms with Crippen molar-refractivity contribution < 1.29 is 26.8 Å². The first-order chi connectivity index (χ1) is 15.6. The molecule has 0 aromatic heterocycles. The number of carbonyl (C=O) groups is 2. The molecule has 0 aliphatic carbocycles. The molecular weight excluding hydrogens is 452 g/mol. The summed E-state index contributed by atoms with van der Waals surface area (Å²) in [6.45, 7) is 4.05. The maximum Gasteiger partial charge on any atom is 0.313 e. The Morgan fingerprint density at radius 1 is 1.06 bits per heavy atom. The zero-order chi connectivity index (χ0) is 24.2.